The monoisotopic (exact) mass is 272 g/mol. The molecule has 1 aliphatic carbocycles. The Labute approximate surface area is 123 Å². The van der Waals surface area contributed by atoms with Gasteiger partial charge in [-0.25, -0.2) is 4.79 Å². The average Bonchev–Trinajstić information content (AvgIpc) is 2.90. The Hall–Kier alpha value is -2.74. The number of hydrogen-bond donors (Lipinski definition) is 0. The minimum Gasteiger partial charge on any atom is -0.218 e. The van der Waals surface area contributed by atoms with Crippen LogP contribution in [0.15, 0.2) is 79.1 Å². The zero-order chi connectivity index (χ0) is 14.2. The standard InChI is InChI=1S/C19H14NO/c21-19(20-12-6-1-7-13-20)18-16-10-4-2-8-14(16)15-9-3-5-11-17(15)18/h1-13,18H/q+1. The predicted octanol–water partition coefficient (Wildman–Crippen LogP) is 3.43. The summed E-state index contributed by atoms with van der Waals surface area (Å²) in [5.74, 6) is -0.127. The van der Waals surface area contributed by atoms with Crippen LogP contribution < -0.4 is 4.57 Å². The largest absolute Gasteiger partial charge is 0.404 e. The smallest absolute Gasteiger partial charge is 0.218 e. The Bertz CT molecular complexity index is 778. The number of rotatable bonds is 1. The van der Waals surface area contributed by atoms with Gasteiger partial charge >= 0.3 is 5.91 Å². The molecule has 100 valence electrons. The van der Waals surface area contributed by atoms with Crippen LogP contribution >= 0.6 is 0 Å². The Morgan fingerprint density at radius 1 is 0.714 bits per heavy atom. The molecule has 3 aromatic rings. The van der Waals surface area contributed by atoms with Gasteiger partial charge in [0.15, 0.2) is 12.4 Å². The van der Waals surface area contributed by atoms with E-state index < -0.39 is 0 Å². The van der Waals surface area contributed by atoms with Crippen LogP contribution in [0.5, 0.6) is 0 Å². The first-order chi connectivity index (χ1) is 10.4. The van der Waals surface area contributed by atoms with Gasteiger partial charge in [0.2, 0.25) is 0 Å². The lowest BCUT2D eigenvalue weighted by atomic mass is 9.96. The van der Waals surface area contributed by atoms with E-state index in [0.717, 1.165) is 11.1 Å². The van der Waals surface area contributed by atoms with Crippen LogP contribution in [-0.2, 0) is 0 Å². The van der Waals surface area contributed by atoms with E-state index in [9.17, 15) is 4.79 Å². The number of pyridine rings is 1. The van der Waals surface area contributed by atoms with Crippen molar-refractivity contribution < 1.29 is 9.36 Å². The molecular formula is C19H14NO+. The zero-order valence-corrected chi connectivity index (χ0v) is 11.4. The highest BCUT2D eigenvalue weighted by Crippen LogP contribution is 2.44. The van der Waals surface area contributed by atoms with Crippen molar-refractivity contribution in [3.63, 3.8) is 0 Å². The van der Waals surface area contributed by atoms with E-state index in [4.69, 9.17) is 0 Å². The summed E-state index contributed by atoms with van der Waals surface area (Å²) in [6.45, 7) is 0. The Morgan fingerprint density at radius 3 is 1.81 bits per heavy atom. The predicted molar refractivity (Wildman–Crippen MR) is 81.0 cm³/mol. The molecular weight excluding hydrogens is 258 g/mol. The van der Waals surface area contributed by atoms with Gasteiger partial charge in [-0.1, -0.05) is 54.6 Å². The molecule has 0 amide bonds. The van der Waals surface area contributed by atoms with Crippen molar-refractivity contribution in [3.8, 4) is 11.1 Å². The molecule has 0 saturated heterocycles. The second-order valence-electron chi connectivity index (χ2n) is 5.23. The van der Waals surface area contributed by atoms with Crippen LogP contribution in [0.25, 0.3) is 11.1 Å². The molecule has 0 fully saturated rings. The van der Waals surface area contributed by atoms with E-state index in [1.807, 2.05) is 54.9 Å². The summed E-state index contributed by atoms with van der Waals surface area (Å²) >= 11 is 0. The van der Waals surface area contributed by atoms with Crippen LogP contribution in [0.4, 0.5) is 0 Å². The number of carbonyl (C=O) groups is 1. The molecule has 4 rings (SSSR count). The second-order valence-corrected chi connectivity index (χ2v) is 5.23. The van der Waals surface area contributed by atoms with Gasteiger partial charge in [-0.05, 0) is 22.3 Å². The molecule has 2 heteroatoms. The van der Waals surface area contributed by atoms with Crippen molar-refractivity contribution in [2.45, 2.75) is 5.92 Å². The third-order valence-electron chi connectivity index (χ3n) is 4.05. The maximum Gasteiger partial charge on any atom is 0.404 e. The van der Waals surface area contributed by atoms with Crippen molar-refractivity contribution in [2.24, 2.45) is 0 Å². The Kier molecular flexibility index (Phi) is 2.68. The molecule has 2 aromatic carbocycles. The highest BCUT2D eigenvalue weighted by Gasteiger charge is 2.38. The summed E-state index contributed by atoms with van der Waals surface area (Å²) in [6, 6.07) is 22.0. The summed E-state index contributed by atoms with van der Waals surface area (Å²) in [6.07, 6.45) is 3.62. The number of aromatic nitrogens is 1. The summed E-state index contributed by atoms with van der Waals surface area (Å²) in [4.78, 5) is 12.9. The van der Waals surface area contributed by atoms with Gasteiger partial charge in [0, 0.05) is 12.1 Å². The number of fused-ring (bicyclic) bond motifs is 3. The van der Waals surface area contributed by atoms with Crippen molar-refractivity contribution in [3.05, 3.63) is 90.3 Å². The maximum atomic E-state index is 12.9. The number of benzene rings is 2. The fourth-order valence-electron chi connectivity index (χ4n) is 3.12. The molecule has 21 heavy (non-hydrogen) atoms. The first kappa shape index (κ1) is 12.0. The topological polar surface area (TPSA) is 20.9 Å². The molecule has 2 nitrogen and oxygen atoms in total. The molecule has 0 spiro atoms. The van der Waals surface area contributed by atoms with Crippen LogP contribution in [0, 0.1) is 0 Å². The Morgan fingerprint density at radius 2 is 1.24 bits per heavy atom. The van der Waals surface area contributed by atoms with Gasteiger partial charge in [0.1, 0.15) is 5.92 Å². The highest BCUT2D eigenvalue weighted by atomic mass is 16.2. The van der Waals surface area contributed by atoms with Crippen LogP contribution in [0.3, 0.4) is 0 Å². The lowest BCUT2D eigenvalue weighted by molar-refractivity contribution is -0.575. The number of carbonyl (C=O) groups excluding carboxylic acids is 1. The quantitative estimate of drug-likeness (QED) is 0.622. The van der Waals surface area contributed by atoms with Crippen molar-refractivity contribution in [2.75, 3.05) is 0 Å². The van der Waals surface area contributed by atoms with Crippen LogP contribution in [-0.4, -0.2) is 5.91 Å². The van der Waals surface area contributed by atoms with Crippen LogP contribution in [0.1, 0.15) is 21.8 Å². The normalized spacial score (nSPS) is 12.8. The van der Waals surface area contributed by atoms with E-state index in [-0.39, 0.29) is 11.8 Å². The van der Waals surface area contributed by atoms with E-state index >= 15 is 0 Å². The third-order valence-corrected chi connectivity index (χ3v) is 4.05. The van der Waals surface area contributed by atoms with Crippen LogP contribution in [0.2, 0.25) is 0 Å². The third kappa shape index (κ3) is 1.80. The van der Waals surface area contributed by atoms with Gasteiger partial charge in [-0.15, -0.1) is 4.57 Å². The lowest BCUT2D eigenvalue weighted by Gasteiger charge is -2.07. The molecule has 0 atom stereocenters. The molecule has 0 saturated carbocycles. The van der Waals surface area contributed by atoms with Gasteiger partial charge in [-0.3, -0.25) is 0 Å². The van der Waals surface area contributed by atoms with Gasteiger partial charge in [0.25, 0.3) is 0 Å². The van der Waals surface area contributed by atoms with E-state index in [1.165, 1.54) is 11.1 Å². The summed E-state index contributed by atoms with van der Waals surface area (Å²) < 4.78 is 1.67. The molecule has 0 radical (unpaired) electrons. The summed E-state index contributed by atoms with van der Waals surface area (Å²) in [5.41, 5.74) is 4.53. The molecule has 1 aromatic heterocycles. The van der Waals surface area contributed by atoms with Crippen molar-refractivity contribution >= 4 is 5.91 Å². The maximum absolute atomic E-state index is 12.9. The molecule has 0 aliphatic heterocycles. The first-order valence-electron chi connectivity index (χ1n) is 7.05. The fraction of sp³-hybridized carbons (Fsp3) is 0.0526. The Balaban J connectivity index is 1.91. The van der Waals surface area contributed by atoms with E-state index in [1.54, 1.807) is 4.57 Å². The molecule has 0 unspecified atom stereocenters. The van der Waals surface area contributed by atoms with E-state index in [0.29, 0.717) is 0 Å². The van der Waals surface area contributed by atoms with Crippen molar-refractivity contribution in [1.82, 2.24) is 0 Å². The SMILES string of the molecule is O=C(C1c2ccccc2-c2ccccc21)[n+]1ccccc1. The molecule has 0 bridgehead atoms. The van der Waals surface area contributed by atoms with Crippen molar-refractivity contribution in [1.29, 1.82) is 0 Å². The molecule has 1 aliphatic rings. The number of nitrogens with zero attached hydrogens (tertiary/aromatic N) is 1. The molecule has 1 heterocycles. The minimum absolute atomic E-state index is 0.0907. The van der Waals surface area contributed by atoms with Gasteiger partial charge in [-0.2, -0.15) is 0 Å². The van der Waals surface area contributed by atoms with Gasteiger partial charge in [0.05, 0.1) is 0 Å². The summed E-state index contributed by atoms with van der Waals surface area (Å²) in [5, 5.41) is 0. The second kappa shape index (κ2) is 4.67. The lowest BCUT2D eigenvalue weighted by Crippen LogP contribution is -2.44. The fourth-order valence-corrected chi connectivity index (χ4v) is 3.12. The summed E-state index contributed by atoms with van der Waals surface area (Å²) in [7, 11) is 0. The number of hydrogen-bond acceptors (Lipinski definition) is 1. The highest BCUT2D eigenvalue weighted by molar-refractivity contribution is 5.92. The van der Waals surface area contributed by atoms with E-state index in [2.05, 4.69) is 24.3 Å². The first-order valence-corrected chi connectivity index (χ1v) is 7.05. The molecule has 0 N–H and O–H groups in total. The average molecular weight is 272 g/mol. The zero-order valence-electron chi connectivity index (χ0n) is 11.4. The minimum atomic E-state index is -0.218. The van der Waals surface area contributed by atoms with Gasteiger partial charge < -0.3 is 0 Å².